The quantitative estimate of drug-likeness (QED) is 0.786. The normalized spacial score (nSPS) is 10.9. The van der Waals surface area contributed by atoms with Crippen LogP contribution < -0.4 is 5.32 Å². The van der Waals surface area contributed by atoms with Crippen LogP contribution in [-0.4, -0.2) is 26.3 Å². The van der Waals surface area contributed by atoms with Crippen molar-refractivity contribution in [2.45, 2.75) is 46.6 Å². The molecule has 0 aliphatic rings. The molecule has 0 bridgehead atoms. The first-order valence-electron chi connectivity index (χ1n) is 7.39. The van der Waals surface area contributed by atoms with Gasteiger partial charge in [0.05, 0.1) is 0 Å². The summed E-state index contributed by atoms with van der Waals surface area (Å²) in [6.45, 7) is 8.21. The zero-order valence-corrected chi connectivity index (χ0v) is 12.6. The van der Waals surface area contributed by atoms with Crippen molar-refractivity contribution < 1.29 is 0 Å². The zero-order chi connectivity index (χ0) is 14.4. The average Bonchev–Trinajstić information content (AvgIpc) is 2.91. The van der Waals surface area contributed by atoms with E-state index < -0.39 is 0 Å². The van der Waals surface area contributed by atoms with Gasteiger partial charge in [-0.25, -0.2) is 9.97 Å². The first-order valence-corrected chi connectivity index (χ1v) is 7.39. The fraction of sp³-hybridized carbons (Fsp3) is 0.533. The van der Waals surface area contributed by atoms with Gasteiger partial charge in [-0.15, -0.1) is 5.10 Å². The molecule has 0 saturated heterocycles. The van der Waals surface area contributed by atoms with Gasteiger partial charge in [0.1, 0.15) is 5.82 Å². The van der Waals surface area contributed by atoms with Crippen LogP contribution in [0.15, 0.2) is 18.3 Å². The first-order chi connectivity index (χ1) is 9.78. The standard InChI is InChI=1S/C15H23N5/c1-4-9-16-10-12-7-8-15(17-11-12)20-14(6-3)18-13(5-2)19-20/h7-8,11,16H,4-6,9-10H2,1-3H3. The van der Waals surface area contributed by atoms with Crippen LogP contribution in [0.4, 0.5) is 0 Å². The number of aryl methyl sites for hydroxylation is 2. The summed E-state index contributed by atoms with van der Waals surface area (Å²) in [5.41, 5.74) is 1.19. The third-order valence-electron chi connectivity index (χ3n) is 3.13. The van der Waals surface area contributed by atoms with Gasteiger partial charge >= 0.3 is 0 Å². The number of nitrogens with zero attached hydrogens (tertiary/aromatic N) is 4. The van der Waals surface area contributed by atoms with Crippen LogP contribution in [-0.2, 0) is 19.4 Å². The molecule has 0 fully saturated rings. The Morgan fingerprint density at radius 1 is 1.15 bits per heavy atom. The molecule has 20 heavy (non-hydrogen) atoms. The third-order valence-corrected chi connectivity index (χ3v) is 3.13. The van der Waals surface area contributed by atoms with Crippen molar-refractivity contribution in [3.8, 4) is 5.82 Å². The minimum absolute atomic E-state index is 0.841. The van der Waals surface area contributed by atoms with Gasteiger partial charge in [0.25, 0.3) is 0 Å². The van der Waals surface area contributed by atoms with E-state index in [2.05, 4.69) is 47.2 Å². The summed E-state index contributed by atoms with van der Waals surface area (Å²) in [7, 11) is 0. The van der Waals surface area contributed by atoms with Crippen LogP contribution in [0.2, 0.25) is 0 Å². The van der Waals surface area contributed by atoms with Gasteiger partial charge in [0.2, 0.25) is 0 Å². The van der Waals surface area contributed by atoms with E-state index in [1.165, 1.54) is 5.56 Å². The Balaban J connectivity index is 2.14. The fourth-order valence-electron chi connectivity index (χ4n) is 2.01. The molecule has 0 unspecified atom stereocenters. The van der Waals surface area contributed by atoms with Gasteiger partial charge in [0.15, 0.2) is 11.6 Å². The molecule has 0 atom stereocenters. The number of hydrogen-bond acceptors (Lipinski definition) is 4. The molecule has 108 valence electrons. The summed E-state index contributed by atoms with van der Waals surface area (Å²) in [5.74, 6) is 2.68. The lowest BCUT2D eigenvalue weighted by Gasteiger charge is -2.06. The predicted octanol–water partition coefficient (Wildman–Crippen LogP) is 2.29. The van der Waals surface area contributed by atoms with Gasteiger partial charge < -0.3 is 5.32 Å². The van der Waals surface area contributed by atoms with Gasteiger partial charge in [-0.2, -0.15) is 4.68 Å². The molecule has 1 N–H and O–H groups in total. The van der Waals surface area contributed by atoms with Crippen LogP contribution >= 0.6 is 0 Å². The largest absolute Gasteiger partial charge is 0.313 e. The predicted molar refractivity (Wildman–Crippen MR) is 79.9 cm³/mol. The first kappa shape index (κ1) is 14.7. The minimum Gasteiger partial charge on any atom is -0.313 e. The number of pyridine rings is 1. The number of hydrogen-bond donors (Lipinski definition) is 1. The molecule has 0 aliphatic carbocycles. The minimum atomic E-state index is 0.841. The number of aromatic nitrogens is 4. The highest BCUT2D eigenvalue weighted by atomic mass is 15.4. The van der Waals surface area contributed by atoms with E-state index in [4.69, 9.17) is 0 Å². The second kappa shape index (κ2) is 7.14. The summed E-state index contributed by atoms with van der Waals surface area (Å²) in [4.78, 5) is 9.01. The van der Waals surface area contributed by atoms with Crippen LogP contribution in [0.3, 0.4) is 0 Å². The van der Waals surface area contributed by atoms with Gasteiger partial charge in [-0.05, 0) is 24.6 Å². The molecule has 0 aromatic carbocycles. The molecule has 2 heterocycles. The molecule has 0 aliphatic heterocycles. The van der Waals surface area contributed by atoms with Crippen molar-refractivity contribution in [1.29, 1.82) is 0 Å². The van der Waals surface area contributed by atoms with E-state index >= 15 is 0 Å². The van der Waals surface area contributed by atoms with Crippen LogP contribution in [0, 0.1) is 0 Å². The Kier molecular flexibility index (Phi) is 5.24. The van der Waals surface area contributed by atoms with E-state index in [-0.39, 0.29) is 0 Å². The van der Waals surface area contributed by atoms with E-state index in [9.17, 15) is 0 Å². The summed E-state index contributed by atoms with van der Waals surface area (Å²) in [6.07, 6.45) is 4.75. The molecular formula is C15H23N5. The lowest BCUT2D eigenvalue weighted by Crippen LogP contribution is -2.14. The monoisotopic (exact) mass is 273 g/mol. The highest BCUT2D eigenvalue weighted by molar-refractivity contribution is 5.25. The molecule has 2 aromatic rings. The van der Waals surface area contributed by atoms with Crippen molar-refractivity contribution >= 4 is 0 Å². The molecule has 5 nitrogen and oxygen atoms in total. The second-order valence-electron chi connectivity index (χ2n) is 4.76. The lowest BCUT2D eigenvalue weighted by molar-refractivity contribution is 0.672. The maximum Gasteiger partial charge on any atom is 0.155 e. The molecule has 0 radical (unpaired) electrons. The Morgan fingerprint density at radius 2 is 2.00 bits per heavy atom. The Hall–Kier alpha value is -1.75. The van der Waals surface area contributed by atoms with Crippen molar-refractivity contribution in [3.63, 3.8) is 0 Å². The Morgan fingerprint density at radius 3 is 2.60 bits per heavy atom. The SMILES string of the molecule is CCCNCc1ccc(-n2nc(CC)nc2CC)nc1. The lowest BCUT2D eigenvalue weighted by atomic mass is 10.3. The van der Waals surface area contributed by atoms with Crippen molar-refractivity contribution in [2.75, 3.05) is 6.54 Å². The third kappa shape index (κ3) is 3.42. The molecule has 0 spiro atoms. The summed E-state index contributed by atoms with van der Waals surface area (Å²) in [6, 6.07) is 4.11. The van der Waals surface area contributed by atoms with Crippen molar-refractivity contribution in [1.82, 2.24) is 25.1 Å². The molecular weight excluding hydrogens is 250 g/mol. The van der Waals surface area contributed by atoms with Gasteiger partial charge in [0, 0.05) is 25.6 Å². The summed E-state index contributed by atoms with van der Waals surface area (Å²) >= 11 is 0. The Bertz CT molecular complexity index is 530. The average molecular weight is 273 g/mol. The number of rotatable bonds is 7. The van der Waals surface area contributed by atoms with Crippen molar-refractivity contribution in [3.05, 3.63) is 35.5 Å². The number of nitrogens with one attached hydrogen (secondary N) is 1. The van der Waals surface area contributed by atoms with E-state index in [0.717, 1.165) is 49.8 Å². The Labute approximate surface area is 120 Å². The fourth-order valence-corrected chi connectivity index (χ4v) is 2.01. The smallest absolute Gasteiger partial charge is 0.155 e. The highest BCUT2D eigenvalue weighted by Gasteiger charge is 2.09. The van der Waals surface area contributed by atoms with Crippen LogP contribution in [0.1, 0.15) is 44.4 Å². The molecule has 5 heteroatoms. The van der Waals surface area contributed by atoms with E-state index in [0.29, 0.717) is 0 Å². The molecule has 0 saturated carbocycles. The zero-order valence-electron chi connectivity index (χ0n) is 12.6. The van der Waals surface area contributed by atoms with Gasteiger partial charge in [-0.1, -0.05) is 26.8 Å². The molecule has 2 rings (SSSR count). The highest BCUT2D eigenvalue weighted by Crippen LogP contribution is 2.09. The van der Waals surface area contributed by atoms with Crippen molar-refractivity contribution in [2.24, 2.45) is 0 Å². The molecule has 0 amide bonds. The topological polar surface area (TPSA) is 55.6 Å². The van der Waals surface area contributed by atoms with E-state index in [1.54, 1.807) is 0 Å². The second-order valence-corrected chi connectivity index (χ2v) is 4.76. The maximum absolute atomic E-state index is 4.51. The van der Waals surface area contributed by atoms with Crippen LogP contribution in [0.25, 0.3) is 5.82 Å². The van der Waals surface area contributed by atoms with Gasteiger partial charge in [-0.3, -0.25) is 0 Å². The summed E-state index contributed by atoms with van der Waals surface area (Å²) in [5, 5.41) is 7.87. The molecule has 2 aromatic heterocycles. The maximum atomic E-state index is 4.51. The van der Waals surface area contributed by atoms with E-state index in [1.807, 2.05) is 16.9 Å². The van der Waals surface area contributed by atoms with Crippen LogP contribution in [0.5, 0.6) is 0 Å². The summed E-state index contributed by atoms with van der Waals surface area (Å²) < 4.78 is 1.85.